The molecule has 1 unspecified atom stereocenters. The fraction of sp³-hybridized carbons (Fsp3) is 0.412. The Morgan fingerprint density at radius 2 is 1.96 bits per heavy atom. The lowest BCUT2D eigenvalue weighted by molar-refractivity contribution is -0.112. The summed E-state index contributed by atoms with van der Waals surface area (Å²) in [5, 5.41) is 0. The third kappa shape index (κ3) is 3.83. The van der Waals surface area contributed by atoms with Crippen molar-refractivity contribution < 1.29 is 23.9 Å². The molecule has 1 atom stereocenters. The Morgan fingerprint density at radius 3 is 2.65 bits per heavy atom. The summed E-state index contributed by atoms with van der Waals surface area (Å²) in [6, 6.07) is 4.61. The maximum atomic E-state index is 12.5. The van der Waals surface area contributed by atoms with Gasteiger partial charge in [0.15, 0.2) is 0 Å². The summed E-state index contributed by atoms with van der Waals surface area (Å²) in [4.78, 5) is 46.0. The number of carbonyl (C=O) groups excluding carboxylic acids is 4. The maximum Gasteiger partial charge on any atom is 0.255 e. The minimum atomic E-state index is -0.608. The first-order valence-electron chi connectivity index (χ1n) is 7.61. The zero-order valence-corrected chi connectivity index (χ0v) is 12.8. The predicted octanol–water partition coefficient (Wildman–Crippen LogP) is 1.55. The number of hydrogen-bond acceptors (Lipinski definition) is 5. The van der Waals surface area contributed by atoms with Gasteiger partial charge in [-0.2, -0.15) is 0 Å². The molecule has 0 fully saturated rings. The van der Waals surface area contributed by atoms with E-state index in [9.17, 15) is 19.2 Å². The van der Waals surface area contributed by atoms with E-state index in [1.54, 1.807) is 18.2 Å². The van der Waals surface area contributed by atoms with E-state index in [0.717, 1.165) is 18.1 Å². The fourth-order valence-corrected chi connectivity index (χ4v) is 2.61. The first kappa shape index (κ1) is 16.9. The van der Waals surface area contributed by atoms with Gasteiger partial charge in [-0.1, -0.05) is 6.07 Å². The molecule has 0 bridgehead atoms. The summed E-state index contributed by atoms with van der Waals surface area (Å²) in [6.07, 6.45) is 3.89. The van der Waals surface area contributed by atoms with Crippen LogP contribution in [0.5, 0.6) is 5.75 Å². The summed E-state index contributed by atoms with van der Waals surface area (Å²) >= 11 is 0. The van der Waals surface area contributed by atoms with Gasteiger partial charge in [0.25, 0.3) is 5.91 Å². The van der Waals surface area contributed by atoms with Crippen LogP contribution < -0.4 is 4.74 Å². The van der Waals surface area contributed by atoms with E-state index in [1.807, 2.05) is 0 Å². The van der Waals surface area contributed by atoms with E-state index in [4.69, 9.17) is 4.74 Å². The molecule has 0 aliphatic carbocycles. The molecular weight excluding hydrogens is 298 g/mol. The minimum absolute atomic E-state index is 0.221. The molecule has 6 nitrogen and oxygen atoms in total. The molecule has 0 saturated carbocycles. The van der Waals surface area contributed by atoms with E-state index in [1.165, 1.54) is 4.90 Å². The van der Waals surface area contributed by atoms with Crippen molar-refractivity contribution in [1.29, 1.82) is 0 Å². The molecule has 1 aliphatic heterocycles. The quantitative estimate of drug-likeness (QED) is 0.483. The summed E-state index contributed by atoms with van der Waals surface area (Å²) < 4.78 is 5.66. The van der Waals surface area contributed by atoms with Gasteiger partial charge in [-0.25, -0.2) is 0 Å². The molecule has 122 valence electrons. The lowest BCUT2D eigenvalue weighted by Crippen LogP contribution is -2.36. The number of aldehydes is 3. The van der Waals surface area contributed by atoms with E-state index in [0.29, 0.717) is 50.0 Å². The first-order valence-corrected chi connectivity index (χ1v) is 7.61. The Morgan fingerprint density at radius 1 is 1.17 bits per heavy atom. The van der Waals surface area contributed by atoms with Crippen LogP contribution in [0.3, 0.4) is 0 Å². The maximum absolute atomic E-state index is 12.5. The lowest BCUT2D eigenvalue weighted by Gasteiger charge is -2.22. The SMILES string of the molecule is O=CCCCOc1cccc2c1CN(C(C=O)CCC=O)C2=O. The minimum Gasteiger partial charge on any atom is -0.493 e. The Bertz CT molecular complexity index is 599. The van der Waals surface area contributed by atoms with Crippen molar-refractivity contribution in [2.24, 2.45) is 0 Å². The Kier molecular flexibility index (Phi) is 6.02. The highest BCUT2D eigenvalue weighted by molar-refractivity contribution is 6.00. The third-order valence-electron chi connectivity index (χ3n) is 3.81. The van der Waals surface area contributed by atoms with Gasteiger partial charge in [-0.3, -0.25) is 4.79 Å². The van der Waals surface area contributed by atoms with Gasteiger partial charge in [0.05, 0.1) is 19.2 Å². The topological polar surface area (TPSA) is 80.8 Å². The van der Waals surface area contributed by atoms with Gasteiger partial charge < -0.3 is 24.0 Å². The largest absolute Gasteiger partial charge is 0.493 e. The molecule has 1 heterocycles. The molecule has 0 aromatic heterocycles. The van der Waals surface area contributed by atoms with E-state index in [-0.39, 0.29) is 12.3 Å². The number of hydrogen-bond donors (Lipinski definition) is 0. The summed E-state index contributed by atoms with van der Waals surface area (Å²) in [5.41, 5.74) is 1.28. The standard InChI is InChI=1S/C17H19NO5/c19-8-1-2-10-23-16-7-3-6-14-15(16)11-18(17(14)22)13(12-21)5-4-9-20/h3,6-9,12-13H,1-2,4-5,10-11H2. The average molecular weight is 317 g/mol. The molecule has 1 aliphatic rings. The third-order valence-corrected chi connectivity index (χ3v) is 3.81. The van der Waals surface area contributed by atoms with Gasteiger partial charge in [0, 0.05) is 24.0 Å². The van der Waals surface area contributed by atoms with Crippen molar-refractivity contribution in [3.05, 3.63) is 29.3 Å². The molecule has 0 spiro atoms. The molecular formula is C17H19NO5. The molecule has 0 saturated heterocycles. The van der Waals surface area contributed by atoms with Crippen molar-refractivity contribution in [3.8, 4) is 5.75 Å². The van der Waals surface area contributed by atoms with E-state index in [2.05, 4.69) is 0 Å². The van der Waals surface area contributed by atoms with Gasteiger partial charge in [-0.05, 0) is 25.0 Å². The number of nitrogens with zero attached hydrogens (tertiary/aromatic N) is 1. The van der Waals surface area contributed by atoms with Crippen molar-refractivity contribution in [2.75, 3.05) is 6.61 Å². The van der Waals surface area contributed by atoms with Crippen LogP contribution in [0.4, 0.5) is 0 Å². The monoisotopic (exact) mass is 317 g/mol. The van der Waals surface area contributed by atoms with Crippen LogP contribution in [0, 0.1) is 0 Å². The van der Waals surface area contributed by atoms with Crippen LogP contribution in [0.1, 0.15) is 41.6 Å². The molecule has 1 aromatic carbocycles. The molecule has 1 amide bonds. The first-order chi connectivity index (χ1) is 11.2. The normalized spacial score (nSPS) is 14.3. The van der Waals surface area contributed by atoms with Gasteiger partial charge in [0.1, 0.15) is 24.6 Å². The predicted molar refractivity (Wildman–Crippen MR) is 82.3 cm³/mol. The molecule has 6 heteroatoms. The molecule has 2 rings (SSSR count). The van der Waals surface area contributed by atoms with Crippen molar-refractivity contribution in [2.45, 2.75) is 38.3 Å². The van der Waals surface area contributed by atoms with Crippen LogP contribution in [-0.2, 0) is 20.9 Å². The van der Waals surface area contributed by atoms with E-state index >= 15 is 0 Å². The second-order valence-corrected chi connectivity index (χ2v) is 5.32. The van der Waals surface area contributed by atoms with E-state index < -0.39 is 6.04 Å². The number of amides is 1. The summed E-state index contributed by atoms with van der Waals surface area (Å²) in [6.45, 7) is 0.686. The Balaban J connectivity index is 2.12. The van der Waals surface area contributed by atoms with Crippen LogP contribution >= 0.6 is 0 Å². The number of rotatable bonds is 10. The van der Waals surface area contributed by atoms with Crippen LogP contribution in [-0.4, -0.2) is 42.3 Å². The zero-order chi connectivity index (χ0) is 16.7. The van der Waals surface area contributed by atoms with Crippen LogP contribution in [0.25, 0.3) is 0 Å². The summed E-state index contributed by atoms with van der Waals surface area (Å²) in [7, 11) is 0. The van der Waals surface area contributed by atoms with Crippen molar-refractivity contribution in [1.82, 2.24) is 4.90 Å². The van der Waals surface area contributed by atoms with Crippen LogP contribution in [0.2, 0.25) is 0 Å². The van der Waals surface area contributed by atoms with Gasteiger partial charge in [0.2, 0.25) is 0 Å². The lowest BCUT2D eigenvalue weighted by atomic mass is 10.1. The zero-order valence-electron chi connectivity index (χ0n) is 12.8. The Labute approximate surface area is 134 Å². The highest BCUT2D eigenvalue weighted by Crippen LogP contribution is 2.32. The number of benzene rings is 1. The average Bonchev–Trinajstić information content (AvgIpc) is 2.90. The van der Waals surface area contributed by atoms with Crippen molar-refractivity contribution in [3.63, 3.8) is 0 Å². The smallest absolute Gasteiger partial charge is 0.255 e. The highest BCUT2D eigenvalue weighted by atomic mass is 16.5. The second kappa shape index (κ2) is 8.22. The summed E-state index contributed by atoms with van der Waals surface area (Å²) in [5.74, 6) is 0.380. The highest BCUT2D eigenvalue weighted by Gasteiger charge is 2.34. The van der Waals surface area contributed by atoms with Crippen LogP contribution in [0.15, 0.2) is 18.2 Å². The number of carbonyl (C=O) groups is 4. The van der Waals surface area contributed by atoms with Gasteiger partial charge >= 0.3 is 0 Å². The Hall–Kier alpha value is -2.50. The van der Waals surface area contributed by atoms with Crippen molar-refractivity contribution >= 4 is 24.8 Å². The molecule has 0 N–H and O–H groups in total. The molecule has 1 aromatic rings. The van der Waals surface area contributed by atoms with Gasteiger partial charge in [-0.15, -0.1) is 0 Å². The molecule has 23 heavy (non-hydrogen) atoms. The number of fused-ring (bicyclic) bond motifs is 1. The number of unbranched alkanes of at least 4 members (excludes halogenated alkanes) is 1. The number of ether oxygens (including phenoxy) is 1. The fourth-order valence-electron chi connectivity index (χ4n) is 2.61. The molecule has 0 radical (unpaired) electrons. The second-order valence-electron chi connectivity index (χ2n) is 5.32.